The van der Waals surface area contributed by atoms with E-state index in [2.05, 4.69) is 44.3 Å². The van der Waals surface area contributed by atoms with Crippen molar-refractivity contribution in [2.45, 2.75) is 39.3 Å². The molecule has 0 radical (unpaired) electrons. The first-order valence-electron chi connectivity index (χ1n) is 5.76. The number of fused-ring (bicyclic) bond motifs is 1. The van der Waals surface area contributed by atoms with Gasteiger partial charge in [0.2, 0.25) is 0 Å². The lowest BCUT2D eigenvalue weighted by atomic mass is 10.2. The van der Waals surface area contributed by atoms with E-state index in [-0.39, 0.29) is 0 Å². The maximum Gasteiger partial charge on any atom is 0.138 e. The van der Waals surface area contributed by atoms with Crippen LogP contribution in [-0.2, 0) is 0 Å². The molecule has 92 valence electrons. The van der Waals surface area contributed by atoms with Crippen LogP contribution in [0.5, 0.6) is 0 Å². The summed E-state index contributed by atoms with van der Waals surface area (Å²) in [5, 5.41) is 9.80. The Bertz CT molecular complexity index is 536. The van der Waals surface area contributed by atoms with Gasteiger partial charge >= 0.3 is 0 Å². The summed E-state index contributed by atoms with van der Waals surface area (Å²) in [4.78, 5) is 8.62. The highest BCUT2D eigenvalue weighted by Crippen LogP contribution is 2.27. The number of hydrogen-bond acceptors (Lipinski definition) is 3. The Hall–Kier alpha value is -0.940. The zero-order chi connectivity index (χ0) is 12.6. The van der Waals surface area contributed by atoms with E-state index in [1.165, 1.54) is 0 Å². The van der Waals surface area contributed by atoms with Crippen LogP contribution in [0.4, 0.5) is 0 Å². The van der Waals surface area contributed by atoms with Crippen LogP contribution in [0, 0.1) is 0 Å². The van der Waals surface area contributed by atoms with Gasteiger partial charge in [-0.3, -0.25) is 0 Å². The molecule has 0 saturated carbocycles. The molecule has 2 aromatic heterocycles. The van der Waals surface area contributed by atoms with Crippen molar-refractivity contribution < 1.29 is 5.11 Å². The van der Waals surface area contributed by atoms with Crippen molar-refractivity contribution in [3.05, 3.63) is 22.7 Å². The average Bonchev–Trinajstić information content (AvgIpc) is 2.66. The standard InChI is InChI=1S/C12H16BrN3O/c1-4-7(2)16-10-5-11(13)14-6-9(10)15-12(16)8(3)17/h5-8,17H,4H2,1-3H3/t7-,8+/m0/s1. The molecule has 2 heterocycles. The summed E-state index contributed by atoms with van der Waals surface area (Å²) in [6, 6.07) is 2.25. The van der Waals surface area contributed by atoms with Crippen molar-refractivity contribution in [3.8, 4) is 0 Å². The number of hydrogen-bond donors (Lipinski definition) is 1. The molecule has 0 saturated heterocycles. The van der Waals surface area contributed by atoms with Crippen LogP contribution < -0.4 is 0 Å². The third kappa shape index (κ3) is 2.21. The minimum atomic E-state index is -0.574. The lowest BCUT2D eigenvalue weighted by molar-refractivity contribution is 0.182. The number of halogens is 1. The SMILES string of the molecule is CC[C@H](C)n1c([C@@H](C)O)nc2cnc(Br)cc21. The van der Waals surface area contributed by atoms with E-state index in [4.69, 9.17) is 0 Å². The van der Waals surface area contributed by atoms with Crippen molar-refractivity contribution in [2.75, 3.05) is 0 Å². The summed E-state index contributed by atoms with van der Waals surface area (Å²) in [5.41, 5.74) is 1.83. The lowest BCUT2D eigenvalue weighted by Gasteiger charge is -2.17. The monoisotopic (exact) mass is 297 g/mol. The van der Waals surface area contributed by atoms with E-state index in [9.17, 15) is 5.11 Å². The van der Waals surface area contributed by atoms with Gasteiger partial charge in [-0.05, 0) is 42.3 Å². The number of pyridine rings is 1. The molecule has 2 rings (SSSR count). The molecule has 0 aromatic carbocycles. The molecule has 0 spiro atoms. The van der Waals surface area contributed by atoms with Crippen molar-refractivity contribution in [1.29, 1.82) is 0 Å². The maximum absolute atomic E-state index is 9.80. The van der Waals surface area contributed by atoms with Gasteiger partial charge in [0, 0.05) is 6.04 Å². The minimum absolute atomic E-state index is 0.305. The Kier molecular flexibility index (Phi) is 3.49. The van der Waals surface area contributed by atoms with E-state index in [1.54, 1.807) is 13.1 Å². The minimum Gasteiger partial charge on any atom is -0.385 e. The first-order valence-corrected chi connectivity index (χ1v) is 6.55. The van der Waals surface area contributed by atoms with Crippen LogP contribution >= 0.6 is 15.9 Å². The Labute approximate surface area is 109 Å². The molecule has 0 aliphatic heterocycles. The van der Waals surface area contributed by atoms with Crippen LogP contribution in [0.2, 0.25) is 0 Å². The number of nitrogens with zero attached hydrogens (tertiary/aromatic N) is 3. The third-order valence-electron chi connectivity index (χ3n) is 2.98. The van der Waals surface area contributed by atoms with E-state index in [0.717, 1.165) is 22.1 Å². The fourth-order valence-corrected chi connectivity index (χ4v) is 2.25. The van der Waals surface area contributed by atoms with E-state index >= 15 is 0 Å². The summed E-state index contributed by atoms with van der Waals surface area (Å²) in [6.07, 6.45) is 2.14. The third-order valence-corrected chi connectivity index (χ3v) is 3.41. The molecule has 2 aromatic rings. The summed E-state index contributed by atoms with van der Waals surface area (Å²) in [6.45, 7) is 5.99. The molecule has 17 heavy (non-hydrogen) atoms. The van der Waals surface area contributed by atoms with E-state index in [0.29, 0.717) is 11.9 Å². The molecule has 2 atom stereocenters. The molecule has 0 amide bonds. The van der Waals surface area contributed by atoms with E-state index in [1.807, 2.05) is 6.07 Å². The van der Waals surface area contributed by atoms with Crippen molar-refractivity contribution in [3.63, 3.8) is 0 Å². The number of aliphatic hydroxyl groups is 1. The van der Waals surface area contributed by atoms with Gasteiger partial charge in [-0.25, -0.2) is 9.97 Å². The molecule has 5 heteroatoms. The van der Waals surface area contributed by atoms with Crippen LogP contribution in [-0.4, -0.2) is 19.6 Å². The number of aromatic nitrogens is 3. The van der Waals surface area contributed by atoms with Crippen LogP contribution in [0.1, 0.15) is 45.2 Å². The topological polar surface area (TPSA) is 50.9 Å². The largest absolute Gasteiger partial charge is 0.385 e. The highest BCUT2D eigenvalue weighted by atomic mass is 79.9. The molecule has 0 aliphatic carbocycles. The molecule has 0 unspecified atom stereocenters. The first-order chi connectivity index (χ1) is 8.04. The van der Waals surface area contributed by atoms with E-state index < -0.39 is 6.10 Å². The van der Waals surface area contributed by atoms with Crippen molar-refractivity contribution >= 4 is 27.0 Å². The fraction of sp³-hybridized carbons (Fsp3) is 0.500. The average molecular weight is 298 g/mol. The second-order valence-corrected chi connectivity index (χ2v) is 5.08. The second-order valence-electron chi connectivity index (χ2n) is 4.27. The second kappa shape index (κ2) is 4.74. The van der Waals surface area contributed by atoms with Gasteiger partial charge in [0.15, 0.2) is 0 Å². The van der Waals surface area contributed by atoms with Gasteiger partial charge in [-0.15, -0.1) is 0 Å². The molecule has 0 bridgehead atoms. The van der Waals surface area contributed by atoms with Crippen molar-refractivity contribution in [2.24, 2.45) is 0 Å². The van der Waals surface area contributed by atoms with Crippen LogP contribution in [0.25, 0.3) is 11.0 Å². The first kappa shape index (κ1) is 12.5. The predicted molar refractivity (Wildman–Crippen MR) is 70.9 cm³/mol. The molecule has 4 nitrogen and oxygen atoms in total. The number of aliphatic hydroxyl groups excluding tert-OH is 1. The van der Waals surface area contributed by atoms with Gasteiger partial charge < -0.3 is 9.67 Å². The molecular formula is C12H16BrN3O. The number of rotatable bonds is 3. The summed E-state index contributed by atoms with van der Waals surface area (Å²) in [5.74, 6) is 0.703. The Balaban J connectivity index is 2.73. The normalized spacial score (nSPS) is 15.1. The highest BCUT2D eigenvalue weighted by Gasteiger charge is 2.18. The Morgan fingerprint density at radius 2 is 2.18 bits per heavy atom. The highest BCUT2D eigenvalue weighted by molar-refractivity contribution is 9.10. The van der Waals surface area contributed by atoms with Crippen LogP contribution in [0.15, 0.2) is 16.9 Å². The van der Waals surface area contributed by atoms with Gasteiger partial charge in [-0.2, -0.15) is 0 Å². The zero-order valence-electron chi connectivity index (χ0n) is 10.2. The lowest BCUT2D eigenvalue weighted by Crippen LogP contribution is -2.10. The predicted octanol–water partition coefficient (Wildman–Crippen LogP) is 3.22. The summed E-state index contributed by atoms with van der Waals surface area (Å²) >= 11 is 3.37. The molecule has 0 aliphatic rings. The summed E-state index contributed by atoms with van der Waals surface area (Å²) in [7, 11) is 0. The van der Waals surface area contributed by atoms with Gasteiger partial charge in [-0.1, -0.05) is 6.92 Å². The maximum atomic E-state index is 9.80. The molecular weight excluding hydrogens is 282 g/mol. The fourth-order valence-electron chi connectivity index (χ4n) is 1.93. The van der Waals surface area contributed by atoms with Crippen molar-refractivity contribution in [1.82, 2.24) is 14.5 Å². The smallest absolute Gasteiger partial charge is 0.138 e. The van der Waals surface area contributed by atoms with Gasteiger partial charge in [0.05, 0.1) is 11.7 Å². The summed E-state index contributed by atoms with van der Waals surface area (Å²) < 4.78 is 2.87. The molecule has 1 N–H and O–H groups in total. The van der Waals surface area contributed by atoms with Gasteiger partial charge in [0.25, 0.3) is 0 Å². The van der Waals surface area contributed by atoms with Crippen LogP contribution in [0.3, 0.4) is 0 Å². The Morgan fingerprint density at radius 3 is 2.76 bits per heavy atom. The Morgan fingerprint density at radius 1 is 1.47 bits per heavy atom. The zero-order valence-corrected chi connectivity index (χ0v) is 11.8. The molecule has 0 fully saturated rings. The van der Waals surface area contributed by atoms with Gasteiger partial charge in [0.1, 0.15) is 22.0 Å². The number of imidazole rings is 1. The quantitative estimate of drug-likeness (QED) is 0.885.